The third-order valence-electron chi connectivity index (χ3n) is 5.79. The minimum Gasteiger partial charge on any atom is -0.488 e. The van der Waals surface area contributed by atoms with E-state index in [1.807, 2.05) is 24.3 Å². The molecule has 4 rings (SSSR count). The number of nitrogens with one attached hydrogen (secondary N) is 1. The average molecular weight is 460 g/mol. The number of amides is 2. The van der Waals surface area contributed by atoms with Gasteiger partial charge in [-0.2, -0.15) is 0 Å². The summed E-state index contributed by atoms with van der Waals surface area (Å²) in [7, 11) is 0. The summed E-state index contributed by atoms with van der Waals surface area (Å²) in [6.07, 6.45) is 0. The zero-order chi connectivity index (χ0) is 23.8. The van der Waals surface area contributed by atoms with Gasteiger partial charge in [-0.25, -0.2) is 0 Å². The number of nitrogens with two attached hydrogens (primary N) is 1. The summed E-state index contributed by atoms with van der Waals surface area (Å²) >= 11 is 0. The average Bonchev–Trinajstić information content (AvgIpc) is 2.87. The first-order chi connectivity index (χ1) is 16.6. The number of morpholine rings is 1. The second kappa shape index (κ2) is 11.4. The Kier molecular flexibility index (Phi) is 7.91. The van der Waals surface area contributed by atoms with Gasteiger partial charge in [-0.15, -0.1) is 0 Å². The van der Waals surface area contributed by atoms with Crippen LogP contribution < -0.4 is 15.8 Å². The Morgan fingerprint density at radius 2 is 1.68 bits per heavy atom. The fraction of sp³-hybridized carbons (Fsp3) is 0.259. The van der Waals surface area contributed by atoms with Crippen molar-refractivity contribution in [3.63, 3.8) is 0 Å². The van der Waals surface area contributed by atoms with E-state index >= 15 is 0 Å². The lowest BCUT2D eigenvalue weighted by atomic mass is 10.1. The number of nitrogens with zero attached hydrogens (tertiary/aromatic N) is 1. The number of carbonyl (C=O) groups excluding carboxylic acids is 2. The quantitative estimate of drug-likeness (QED) is 0.513. The summed E-state index contributed by atoms with van der Waals surface area (Å²) < 4.78 is 11.2. The van der Waals surface area contributed by atoms with Crippen LogP contribution in [0.5, 0.6) is 5.75 Å². The largest absolute Gasteiger partial charge is 0.488 e. The molecule has 0 aromatic heterocycles. The third-order valence-corrected chi connectivity index (χ3v) is 5.79. The first-order valence-electron chi connectivity index (χ1n) is 11.4. The van der Waals surface area contributed by atoms with Crippen molar-refractivity contribution in [1.82, 2.24) is 10.2 Å². The SMILES string of the molecule is NC(=O)c1ccccc1OCc1cccc(C(=O)NCc2ccccc2CN2CCOCC2)c1. The molecule has 3 N–H and O–H groups in total. The van der Waals surface area contributed by atoms with Gasteiger partial charge in [-0.05, 0) is 41.0 Å². The lowest BCUT2D eigenvalue weighted by Gasteiger charge is -2.27. The molecule has 0 atom stereocenters. The van der Waals surface area contributed by atoms with Crippen molar-refractivity contribution < 1.29 is 19.1 Å². The molecule has 2 amide bonds. The smallest absolute Gasteiger partial charge is 0.252 e. The lowest BCUT2D eigenvalue weighted by Crippen LogP contribution is -2.36. The molecule has 7 nitrogen and oxygen atoms in total. The van der Waals surface area contributed by atoms with Gasteiger partial charge >= 0.3 is 0 Å². The molecule has 0 saturated carbocycles. The number of ether oxygens (including phenoxy) is 2. The van der Waals surface area contributed by atoms with Crippen LogP contribution in [0.4, 0.5) is 0 Å². The zero-order valence-corrected chi connectivity index (χ0v) is 19.0. The Labute approximate surface area is 199 Å². The first-order valence-corrected chi connectivity index (χ1v) is 11.4. The maximum atomic E-state index is 12.8. The van der Waals surface area contributed by atoms with Gasteiger partial charge < -0.3 is 20.5 Å². The van der Waals surface area contributed by atoms with Crippen LogP contribution in [0.15, 0.2) is 72.8 Å². The van der Waals surface area contributed by atoms with Crippen LogP contribution >= 0.6 is 0 Å². The first kappa shape index (κ1) is 23.5. The highest BCUT2D eigenvalue weighted by atomic mass is 16.5. The van der Waals surface area contributed by atoms with Crippen LogP contribution in [-0.4, -0.2) is 43.0 Å². The number of benzene rings is 3. The molecule has 1 aliphatic rings. The van der Waals surface area contributed by atoms with E-state index in [1.165, 1.54) is 5.56 Å². The van der Waals surface area contributed by atoms with Crippen molar-refractivity contribution in [3.8, 4) is 5.75 Å². The fourth-order valence-electron chi connectivity index (χ4n) is 3.92. The van der Waals surface area contributed by atoms with Crippen LogP contribution in [0.25, 0.3) is 0 Å². The molecular formula is C27H29N3O4. The standard InChI is InChI=1S/C27H29N3O4/c28-26(31)24-10-3-4-11-25(24)34-19-20-6-5-9-21(16-20)27(32)29-17-22-7-1-2-8-23(22)18-30-12-14-33-15-13-30/h1-11,16H,12-15,17-19H2,(H2,28,31)(H,29,32). The van der Waals surface area contributed by atoms with E-state index in [-0.39, 0.29) is 12.5 Å². The van der Waals surface area contributed by atoms with E-state index in [9.17, 15) is 9.59 Å². The summed E-state index contributed by atoms with van der Waals surface area (Å²) in [5, 5.41) is 3.03. The highest BCUT2D eigenvalue weighted by Crippen LogP contribution is 2.19. The second-order valence-electron chi connectivity index (χ2n) is 8.19. The van der Waals surface area contributed by atoms with E-state index in [1.54, 1.807) is 36.4 Å². The van der Waals surface area contributed by atoms with Crippen LogP contribution in [0, 0.1) is 0 Å². The Bertz CT molecular complexity index is 1140. The molecule has 176 valence electrons. The number of rotatable bonds is 9. The minimum absolute atomic E-state index is 0.152. The maximum Gasteiger partial charge on any atom is 0.252 e. The van der Waals surface area contributed by atoms with E-state index in [2.05, 4.69) is 22.3 Å². The van der Waals surface area contributed by atoms with Crippen molar-refractivity contribution in [3.05, 3.63) is 101 Å². The number of carbonyl (C=O) groups is 2. The summed E-state index contributed by atoms with van der Waals surface area (Å²) in [5.74, 6) is -0.278. The number of primary amides is 1. The van der Waals surface area contributed by atoms with Crippen LogP contribution in [0.3, 0.4) is 0 Å². The molecule has 3 aromatic carbocycles. The van der Waals surface area contributed by atoms with E-state index in [0.29, 0.717) is 23.4 Å². The molecule has 0 aliphatic carbocycles. The predicted molar refractivity (Wildman–Crippen MR) is 129 cm³/mol. The molecule has 1 fully saturated rings. The summed E-state index contributed by atoms with van der Waals surface area (Å²) in [5.41, 5.74) is 9.42. The zero-order valence-electron chi connectivity index (χ0n) is 19.0. The predicted octanol–water partition coefficient (Wildman–Crippen LogP) is 3.13. The molecule has 3 aromatic rings. The van der Waals surface area contributed by atoms with Gasteiger partial charge in [0.1, 0.15) is 12.4 Å². The van der Waals surface area contributed by atoms with Gasteiger partial charge in [-0.1, -0.05) is 48.5 Å². The second-order valence-corrected chi connectivity index (χ2v) is 8.19. The summed E-state index contributed by atoms with van der Waals surface area (Å²) in [4.78, 5) is 26.8. The molecule has 0 bridgehead atoms. The molecule has 1 heterocycles. The molecular weight excluding hydrogens is 430 g/mol. The van der Waals surface area contributed by atoms with Gasteiger partial charge in [-0.3, -0.25) is 14.5 Å². The van der Waals surface area contributed by atoms with Gasteiger partial charge in [0.05, 0.1) is 18.8 Å². The number of hydrogen-bond donors (Lipinski definition) is 2. The highest BCUT2D eigenvalue weighted by Gasteiger charge is 2.14. The summed E-state index contributed by atoms with van der Waals surface area (Å²) in [6, 6.07) is 22.3. The Hall–Kier alpha value is -3.68. The Morgan fingerprint density at radius 3 is 2.47 bits per heavy atom. The fourth-order valence-corrected chi connectivity index (χ4v) is 3.92. The van der Waals surface area contributed by atoms with Crippen LogP contribution in [-0.2, 0) is 24.4 Å². The molecule has 1 aliphatic heterocycles. The van der Waals surface area contributed by atoms with Crippen LogP contribution in [0.2, 0.25) is 0 Å². The van der Waals surface area contributed by atoms with Crippen molar-refractivity contribution in [2.45, 2.75) is 19.7 Å². The normalized spacial score (nSPS) is 13.9. The minimum atomic E-state index is -0.544. The Balaban J connectivity index is 1.36. The topological polar surface area (TPSA) is 93.9 Å². The monoisotopic (exact) mass is 459 g/mol. The van der Waals surface area contributed by atoms with E-state index in [4.69, 9.17) is 15.2 Å². The summed E-state index contributed by atoms with van der Waals surface area (Å²) in [6.45, 7) is 4.86. The highest BCUT2D eigenvalue weighted by molar-refractivity contribution is 5.95. The molecule has 34 heavy (non-hydrogen) atoms. The number of hydrogen-bond acceptors (Lipinski definition) is 5. The van der Waals surface area contributed by atoms with Crippen LogP contribution in [0.1, 0.15) is 37.4 Å². The van der Waals surface area contributed by atoms with Crippen molar-refractivity contribution >= 4 is 11.8 Å². The third kappa shape index (κ3) is 6.21. The molecule has 1 saturated heterocycles. The molecule has 0 radical (unpaired) electrons. The Morgan fingerprint density at radius 1 is 0.941 bits per heavy atom. The van der Waals surface area contributed by atoms with Crippen molar-refractivity contribution in [2.24, 2.45) is 5.73 Å². The molecule has 0 unspecified atom stereocenters. The number of para-hydroxylation sites is 1. The van der Waals surface area contributed by atoms with E-state index < -0.39 is 5.91 Å². The van der Waals surface area contributed by atoms with E-state index in [0.717, 1.165) is 44.0 Å². The molecule has 0 spiro atoms. The van der Waals surface area contributed by atoms with Gasteiger partial charge in [0, 0.05) is 31.7 Å². The van der Waals surface area contributed by atoms with Gasteiger partial charge in [0.15, 0.2) is 0 Å². The van der Waals surface area contributed by atoms with Gasteiger partial charge in [0.25, 0.3) is 11.8 Å². The maximum absolute atomic E-state index is 12.8. The van der Waals surface area contributed by atoms with Crippen molar-refractivity contribution in [1.29, 1.82) is 0 Å². The lowest BCUT2D eigenvalue weighted by molar-refractivity contribution is 0.0340. The van der Waals surface area contributed by atoms with Gasteiger partial charge in [0.2, 0.25) is 0 Å². The molecule has 7 heteroatoms. The van der Waals surface area contributed by atoms with Crippen molar-refractivity contribution in [2.75, 3.05) is 26.3 Å².